The van der Waals surface area contributed by atoms with Crippen molar-refractivity contribution in [3.8, 4) is 33.6 Å². The first-order chi connectivity index (χ1) is 24.2. The van der Waals surface area contributed by atoms with Gasteiger partial charge in [0.05, 0.1) is 47.9 Å². The number of aromatic nitrogens is 4. The number of carbonyl (C=O) groups is 4. The first-order valence-electron chi connectivity index (χ1n) is 17.1. The summed E-state index contributed by atoms with van der Waals surface area (Å²) in [5, 5.41) is 22.1. The van der Waals surface area contributed by atoms with Gasteiger partial charge in [-0.15, -0.1) is 0 Å². The number of hydrogen-bond donors (Lipinski definition) is 6. The Morgan fingerprint density at radius 1 is 0.680 bits per heavy atom. The fourth-order valence-electron chi connectivity index (χ4n) is 7.42. The molecule has 4 amide bonds. The molecule has 14 heteroatoms. The summed E-state index contributed by atoms with van der Waals surface area (Å²) in [6.45, 7) is 5.13. The molecule has 0 aliphatic carbocycles. The van der Waals surface area contributed by atoms with Gasteiger partial charge in [-0.3, -0.25) is 30.0 Å². The molecule has 0 saturated carbocycles. The molecule has 2 fully saturated rings. The van der Waals surface area contributed by atoms with Crippen molar-refractivity contribution in [2.24, 2.45) is 0 Å². The molecule has 4 heterocycles. The van der Waals surface area contributed by atoms with E-state index in [1.165, 1.54) is 0 Å². The van der Waals surface area contributed by atoms with E-state index < -0.39 is 36.1 Å². The van der Waals surface area contributed by atoms with Crippen LogP contribution in [0.15, 0.2) is 60.9 Å². The molecule has 6 rings (SSSR count). The van der Waals surface area contributed by atoms with Crippen LogP contribution < -0.4 is 10.6 Å². The number of aromatic amines is 2. The van der Waals surface area contributed by atoms with E-state index in [0.717, 1.165) is 71.0 Å². The van der Waals surface area contributed by atoms with Crippen LogP contribution in [0.1, 0.15) is 76.1 Å². The predicted octanol–water partition coefficient (Wildman–Crippen LogP) is 5.55. The fraction of sp³-hybridized carbons (Fsp3) is 0.389. The molecule has 2 aromatic heterocycles. The molecular formula is C36H42N8O6. The minimum atomic E-state index is -1.35. The molecule has 4 atom stereocenters. The number of nitrogens with one attached hydrogen (secondary N) is 4. The normalized spacial score (nSPS) is 19.2. The largest absolute Gasteiger partial charge is 0.465 e. The van der Waals surface area contributed by atoms with Crippen molar-refractivity contribution in [1.29, 1.82) is 0 Å². The van der Waals surface area contributed by atoms with Crippen molar-refractivity contribution in [1.82, 2.24) is 40.4 Å². The first kappa shape index (κ1) is 34.5. The quantitative estimate of drug-likeness (QED) is 0.117. The average molecular weight is 683 g/mol. The van der Waals surface area contributed by atoms with Crippen molar-refractivity contribution in [2.75, 3.05) is 13.1 Å². The molecule has 2 saturated heterocycles. The van der Waals surface area contributed by atoms with Crippen molar-refractivity contribution in [3.63, 3.8) is 0 Å². The summed E-state index contributed by atoms with van der Waals surface area (Å²) in [5.74, 6) is 0.492. The smallest absolute Gasteiger partial charge is 0.411 e. The molecule has 6 N–H and O–H groups in total. The van der Waals surface area contributed by atoms with Gasteiger partial charge in [-0.1, -0.05) is 62.4 Å². The van der Waals surface area contributed by atoms with E-state index in [9.17, 15) is 19.2 Å². The molecule has 0 spiro atoms. The lowest BCUT2D eigenvalue weighted by molar-refractivity contribution is -0.127. The van der Waals surface area contributed by atoms with Gasteiger partial charge >= 0.3 is 12.2 Å². The lowest BCUT2D eigenvalue weighted by Crippen LogP contribution is -2.47. The maximum Gasteiger partial charge on any atom is 0.411 e. The van der Waals surface area contributed by atoms with Crippen molar-refractivity contribution < 1.29 is 29.4 Å². The highest BCUT2D eigenvalue weighted by Crippen LogP contribution is 2.36. The summed E-state index contributed by atoms with van der Waals surface area (Å²) in [5.41, 5.74) is 5.77. The monoisotopic (exact) mass is 682 g/mol. The van der Waals surface area contributed by atoms with E-state index in [0.29, 0.717) is 25.9 Å². The van der Waals surface area contributed by atoms with Crippen LogP contribution >= 0.6 is 0 Å². The molecule has 4 aromatic rings. The van der Waals surface area contributed by atoms with E-state index in [4.69, 9.17) is 10.2 Å². The van der Waals surface area contributed by atoms with Crippen LogP contribution in [0.4, 0.5) is 9.59 Å². The Kier molecular flexibility index (Phi) is 10.4. The van der Waals surface area contributed by atoms with Gasteiger partial charge in [0.15, 0.2) is 0 Å². The van der Waals surface area contributed by atoms with Gasteiger partial charge in [0.1, 0.15) is 11.6 Å². The third-order valence-electron chi connectivity index (χ3n) is 9.78. The van der Waals surface area contributed by atoms with Gasteiger partial charge in [0, 0.05) is 0 Å². The lowest BCUT2D eigenvalue weighted by Gasteiger charge is -2.30. The Morgan fingerprint density at radius 3 is 1.38 bits per heavy atom. The second-order valence-electron chi connectivity index (χ2n) is 12.7. The van der Waals surface area contributed by atoms with Crippen LogP contribution in [-0.2, 0) is 9.59 Å². The minimum Gasteiger partial charge on any atom is -0.465 e. The van der Waals surface area contributed by atoms with Gasteiger partial charge in [-0.05, 0) is 73.9 Å². The van der Waals surface area contributed by atoms with E-state index in [2.05, 4.69) is 44.2 Å². The molecule has 2 unspecified atom stereocenters. The summed E-state index contributed by atoms with van der Waals surface area (Å²) in [4.78, 5) is 67.5. The number of nitrogens with zero attached hydrogens (tertiary/aromatic N) is 4. The Hall–Kier alpha value is -5.34. The highest BCUT2D eigenvalue weighted by molar-refractivity contribution is 5.94. The van der Waals surface area contributed by atoms with Crippen molar-refractivity contribution >= 4 is 24.0 Å². The van der Waals surface area contributed by atoms with E-state index in [1.807, 2.05) is 58.5 Å². The van der Waals surface area contributed by atoms with Crippen LogP contribution in [0.25, 0.3) is 33.6 Å². The molecule has 0 radical (unpaired) electrons. The molecule has 2 aliphatic rings. The number of H-pyrrole nitrogens is 2. The predicted molar refractivity (Wildman–Crippen MR) is 185 cm³/mol. The maximum atomic E-state index is 12.6. The number of imidazole rings is 2. The number of likely N-dealkylation sites (tertiary alicyclic amines) is 2. The average Bonchev–Trinajstić information content (AvgIpc) is 3.92. The number of amides is 4. The van der Waals surface area contributed by atoms with Gasteiger partial charge < -0.3 is 20.2 Å². The van der Waals surface area contributed by atoms with Crippen LogP contribution in [-0.4, -0.2) is 89.1 Å². The highest BCUT2D eigenvalue weighted by atomic mass is 16.4. The van der Waals surface area contributed by atoms with Gasteiger partial charge in [-0.25, -0.2) is 19.6 Å². The zero-order valence-electron chi connectivity index (χ0n) is 28.1. The fourth-order valence-corrected chi connectivity index (χ4v) is 7.42. The molecule has 2 aliphatic heterocycles. The summed E-state index contributed by atoms with van der Waals surface area (Å²) >= 11 is 0. The molecule has 50 heavy (non-hydrogen) atoms. The van der Waals surface area contributed by atoms with Crippen LogP contribution in [0.2, 0.25) is 0 Å². The second kappa shape index (κ2) is 15.0. The topological polar surface area (TPSA) is 197 Å². The number of hydrogen-bond acceptors (Lipinski definition) is 8. The van der Waals surface area contributed by atoms with Gasteiger partial charge in [0.25, 0.3) is 0 Å². The SMILES string of the molecule is CC[C@@H](C(=O)NC(=O)O)N1CCCC1c1ncc(-c2ccc(-c3ccc(-c4cnc(C5CCCN5[C@@H](CC)C(=O)NC(=O)O)[nH]4)cc3)cc2)[nH]1. The van der Waals surface area contributed by atoms with E-state index >= 15 is 0 Å². The number of benzene rings is 2. The van der Waals surface area contributed by atoms with E-state index in [-0.39, 0.29) is 12.1 Å². The van der Waals surface area contributed by atoms with Gasteiger partial charge in [0.2, 0.25) is 11.8 Å². The van der Waals surface area contributed by atoms with Crippen molar-refractivity contribution in [3.05, 3.63) is 72.6 Å². The standard InChI is InChI=1S/C36H42N8O6/c1-3-27(33(45)41-35(47)48)43-17-5-7-29(43)31-37-19-25(39-31)23-13-9-21(10-14-23)22-11-15-24(16-12-22)26-20-38-32(40-26)30-8-6-18-44(30)28(4-2)34(46)42-36(49)50/h9-16,19-20,27-30H,3-8,17-18H2,1-2H3,(H,37,39)(H,38,40)(H,41,45)(H,42,46)(H,47,48)(H,49,50)/t27-,28-,29?,30?/m0/s1. The van der Waals surface area contributed by atoms with Crippen LogP contribution in [0, 0.1) is 0 Å². The summed E-state index contributed by atoms with van der Waals surface area (Å²) in [6.07, 6.45) is 5.31. The third-order valence-corrected chi connectivity index (χ3v) is 9.78. The van der Waals surface area contributed by atoms with Crippen LogP contribution in [0.5, 0.6) is 0 Å². The van der Waals surface area contributed by atoms with Crippen LogP contribution in [0.3, 0.4) is 0 Å². The van der Waals surface area contributed by atoms with Gasteiger partial charge in [-0.2, -0.15) is 0 Å². The summed E-state index contributed by atoms with van der Waals surface area (Å²) in [7, 11) is 0. The number of carboxylic acid groups (broad SMARTS) is 2. The van der Waals surface area contributed by atoms with E-state index in [1.54, 1.807) is 12.4 Å². The first-order valence-corrected chi connectivity index (χ1v) is 17.1. The zero-order chi connectivity index (χ0) is 35.4. The second-order valence-corrected chi connectivity index (χ2v) is 12.7. The van der Waals surface area contributed by atoms with Crippen molar-refractivity contribution in [2.45, 2.75) is 76.5 Å². The Labute approximate surface area is 289 Å². The third kappa shape index (κ3) is 7.31. The molecule has 262 valence electrons. The number of imide groups is 2. The number of rotatable bonds is 11. The summed E-state index contributed by atoms with van der Waals surface area (Å²) < 4.78 is 0. The Morgan fingerprint density at radius 2 is 1.04 bits per heavy atom. The molecule has 2 aromatic carbocycles. The molecule has 0 bridgehead atoms. The lowest BCUT2D eigenvalue weighted by atomic mass is 10.0. The molecular weight excluding hydrogens is 640 g/mol. The number of carbonyl (C=O) groups excluding carboxylic acids is 2. The highest BCUT2D eigenvalue weighted by Gasteiger charge is 2.38. The zero-order valence-corrected chi connectivity index (χ0v) is 28.1. The Bertz CT molecular complexity index is 1700. The minimum absolute atomic E-state index is 0.104. The maximum absolute atomic E-state index is 12.6. The summed E-state index contributed by atoms with van der Waals surface area (Å²) in [6, 6.07) is 15.1. The Balaban J connectivity index is 1.11. The molecule has 14 nitrogen and oxygen atoms in total.